The van der Waals surface area contributed by atoms with Gasteiger partial charge in [-0.2, -0.15) is 4.98 Å². The van der Waals surface area contributed by atoms with Gasteiger partial charge in [0.25, 0.3) is 0 Å². The molecule has 0 saturated carbocycles. The number of benzene rings is 2. The zero-order valence-corrected chi connectivity index (χ0v) is 18.1. The van der Waals surface area contributed by atoms with Crippen LogP contribution in [0.25, 0.3) is 0 Å². The fourth-order valence-electron chi connectivity index (χ4n) is 3.00. The maximum absolute atomic E-state index is 6.34. The molecule has 10 heteroatoms. The standard InChI is InChI=1S/C20H21ClN5O3P/c1-27-30(28-2)18-6-4-3-5-15(18)25-19-14(21)12-23-20(26-19)24-13-7-8-17-16(11-13)22-9-10-29-17/h3-8,11-12,22H,9-10H2,1-2H3,(H2,23,24,25,26). The minimum absolute atomic E-state index is 0.398. The first-order chi connectivity index (χ1) is 14.7. The van der Waals surface area contributed by atoms with Gasteiger partial charge in [0.2, 0.25) is 14.3 Å². The van der Waals surface area contributed by atoms with Crippen molar-refractivity contribution in [3.05, 3.63) is 53.7 Å². The molecule has 30 heavy (non-hydrogen) atoms. The van der Waals surface area contributed by atoms with E-state index in [1.54, 1.807) is 20.4 Å². The lowest BCUT2D eigenvalue weighted by Gasteiger charge is -2.20. The Hall–Kier alpha value is -2.64. The molecule has 0 atom stereocenters. The summed E-state index contributed by atoms with van der Waals surface area (Å²) in [5.41, 5.74) is 2.57. The second-order valence-electron chi connectivity index (χ2n) is 6.27. The Labute approximate surface area is 180 Å². The Balaban J connectivity index is 1.57. The van der Waals surface area contributed by atoms with Crippen LogP contribution in [0.5, 0.6) is 5.75 Å². The number of hydrogen-bond donors (Lipinski definition) is 3. The lowest BCUT2D eigenvalue weighted by atomic mass is 10.2. The van der Waals surface area contributed by atoms with Crippen LogP contribution < -0.4 is 26.0 Å². The van der Waals surface area contributed by atoms with E-state index in [1.165, 1.54) is 0 Å². The van der Waals surface area contributed by atoms with Crippen molar-refractivity contribution in [2.75, 3.05) is 43.3 Å². The molecule has 156 valence electrons. The van der Waals surface area contributed by atoms with Crippen molar-refractivity contribution in [1.82, 2.24) is 9.97 Å². The molecule has 0 unspecified atom stereocenters. The normalized spacial score (nSPS) is 12.7. The van der Waals surface area contributed by atoms with E-state index in [1.807, 2.05) is 42.5 Å². The summed E-state index contributed by atoms with van der Waals surface area (Å²) < 4.78 is 16.5. The van der Waals surface area contributed by atoms with Gasteiger partial charge in [0, 0.05) is 26.5 Å². The van der Waals surface area contributed by atoms with Gasteiger partial charge in [-0.25, -0.2) is 4.98 Å². The predicted molar refractivity (Wildman–Crippen MR) is 121 cm³/mol. The largest absolute Gasteiger partial charge is 0.490 e. The molecular weight excluding hydrogens is 425 g/mol. The van der Waals surface area contributed by atoms with Crippen LogP contribution >= 0.6 is 20.0 Å². The quantitative estimate of drug-likeness (QED) is 0.453. The number of hydrogen-bond acceptors (Lipinski definition) is 8. The molecular formula is C20H21ClN5O3P. The van der Waals surface area contributed by atoms with E-state index in [-0.39, 0.29) is 0 Å². The molecule has 0 bridgehead atoms. The zero-order chi connectivity index (χ0) is 20.9. The van der Waals surface area contributed by atoms with Crippen LogP contribution in [0.2, 0.25) is 5.02 Å². The van der Waals surface area contributed by atoms with Crippen molar-refractivity contribution in [3.8, 4) is 5.75 Å². The van der Waals surface area contributed by atoms with Crippen LogP contribution in [0.4, 0.5) is 28.8 Å². The first-order valence-corrected chi connectivity index (χ1v) is 10.8. The number of halogens is 1. The lowest BCUT2D eigenvalue weighted by molar-refractivity contribution is 0.323. The molecule has 4 rings (SSSR count). The Morgan fingerprint density at radius 3 is 2.80 bits per heavy atom. The molecule has 0 amide bonds. The topological polar surface area (TPSA) is 89.6 Å². The highest BCUT2D eigenvalue weighted by Gasteiger charge is 2.17. The van der Waals surface area contributed by atoms with Crippen LogP contribution in [-0.2, 0) is 9.05 Å². The summed E-state index contributed by atoms with van der Waals surface area (Å²) in [5, 5.41) is 11.1. The molecule has 0 spiro atoms. The van der Waals surface area contributed by atoms with Crippen LogP contribution in [0.3, 0.4) is 0 Å². The monoisotopic (exact) mass is 445 g/mol. The van der Waals surface area contributed by atoms with E-state index in [2.05, 4.69) is 25.9 Å². The molecule has 0 aliphatic carbocycles. The second kappa shape index (κ2) is 9.45. The summed E-state index contributed by atoms with van der Waals surface area (Å²) >= 11 is 6.34. The number of nitrogens with one attached hydrogen (secondary N) is 3. The molecule has 2 aromatic carbocycles. The van der Waals surface area contributed by atoms with Crippen LogP contribution in [0.15, 0.2) is 48.7 Å². The summed E-state index contributed by atoms with van der Waals surface area (Å²) in [5.74, 6) is 1.72. The SMILES string of the molecule is COP(OC)c1ccccc1Nc1nc(Nc2ccc3c(c2)NCCO3)ncc1Cl. The Morgan fingerprint density at radius 2 is 1.97 bits per heavy atom. The average Bonchev–Trinajstić information content (AvgIpc) is 2.78. The van der Waals surface area contributed by atoms with Gasteiger partial charge in [-0.1, -0.05) is 23.7 Å². The highest BCUT2D eigenvalue weighted by atomic mass is 35.5. The van der Waals surface area contributed by atoms with Crippen molar-refractivity contribution >= 4 is 54.1 Å². The van der Waals surface area contributed by atoms with Gasteiger partial charge in [-0.15, -0.1) is 0 Å². The highest BCUT2D eigenvalue weighted by molar-refractivity contribution is 7.56. The zero-order valence-electron chi connectivity index (χ0n) is 16.5. The Bertz CT molecular complexity index is 1040. The molecule has 1 aromatic heterocycles. The van der Waals surface area contributed by atoms with Gasteiger partial charge < -0.3 is 29.7 Å². The van der Waals surface area contributed by atoms with E-state index >= 15 is 0 Å². The number of rotatable bonds is 7. The van der Waals surface area contributed by atoms with Gasteiger partial charge in [-0.05, 0) is 30.3 Å². The van der Waals surface area contributed by atoms with E-state index in [0.29, 0.717) is 23.4 Å². The average molecular weight is 446 g/mol. The third-order valence-electron chi connectivity index (χ3n) is 4.34. The van der Waals surface area contributed by atoms with Gasteiger partial charge >= 0.3 is 0 Å². The van der Waals surface area contributed by atoms with Crippen molar-refractivity contribution in [2.45, 2.75) is 0 Å². The molecule has 2 heterocycles. The predicted octanol–water partition coefficient (Wildman–Crippen LogP) is 4.65. The van der Waals surface area contributed by atoms with Crippen LogP contribution in [-0.4, -0.2) is 37.3 Å². The van der Waals surface area contributed by atoms with Crippen LogP contribution in [0, 0.1) is 0 Å². The molecule has 0 saturated heterocycles. The minimum atomic E-state index is -1.21. The minimum Gasteiger partial charge on any atom is -0.490 e. The second-order valence-corrected chi connectivity index (χ2v) is 8.40. The number of anilines is 5. The van der Waals surface area contributed by atoms with E-state index < -0.39 is 8.38 Å². The number of para-hydroxylation sites is 1. The van der Waals surface area contributed by atoms with Gasteiger partial charge in [0.05, 0.1) is 22.9 Å². The van der Waals surface area contributed by atoms with Crippen molar-refractivity contribution < 1.29 is 13.8 Å². The fraction of sp³-hybridized carbons (Fsp3) is 0.200. The number of nitrogens with zero attached hydrogens (tertiary/aromatic N) is 2. The molecule has 3 N–H and O–H groups in total. The van der Waals surface area contributed by atoms with E-state index in [4.69, 9.17) is 25.4 Å². The third kappa shape index (κ3) is 4.57. The molecule has 0 radical (unpaired) electrons. The lowest BCUT2D eigenvalue weighted by Crippen LogP contribution is -2.17. The van der Waals surface area contributed by atoms with Gasteiger partial charge in [0.1, 0.15) is 17.4 Å². The highest BCUT2D eigenvalue weighted by Crippen LogP contribution is 2.38. The summed E-state index contributed by atoms with van der Waals surface area (Å²) in [4.78, 5) is 8.82. The number of fused-ring (bicyclic) bond motifs is 1. The van der Waals surface area contributed by atoms with E-state index in [0.717, 1.165) is 34.7 Å². The summed E-state index contributed by atoms with van der Waals surface area (Å²) in [7, 11) is 2.02. The third-order valence-corrected chi connectivity index (χ3v) is 6.06. The molecule has 1 aliphatic rings. The first-order valence-electron chi connectivity index (χ1n) is 9.22. The fourth-order valence-corrected chi connectivity index (χ4v) is 4.22. The van der Waals surface area contributed by atoms with Crippen molar-refractivity contribution in [3.63, 3.8) is 0 Å². The first kappa shape index (κ1) is 20.6. The molecule has 3 aromatic rings. The number of aromatic nitrogens is 2. The van der Waals surface area contributed by atoms with Gasteiger partial charge in [-0.3, -0.25) is 0 Å². The van der Waals surface area contributed by atoms with Crippen molar-refractivity contribution in [2.24, 2.45) is 0 Å². The Morgan fingerprint density at radius 1 is 1.13 bits per heavy atom. The maximum Gasteiger partial charge on any atom is 0.229 e. The number of ether oxygens (including phenoxy) is 1. The molecule has 0 fully saturated rings. The van der Waals surface area contributed by atoms with Gasteiger partial charge in [0.15, 0.2) is 5.82 Å². The van der Waals surface area contributed by atoms with Crippen molar-refractivity contribution in [1.29, 1.82) is 0 Å². The molecule has 1 aliphatic heterocycles. The maximum atomic E-state index is 6.34. The Kier molecular flexibility index (Phi) is 6.50. The van der Waals surface area contributed by atoms with Crippen LogP contribution in [0.1, 0.15) is 0 Å². The molecule has 8 nitrogen and oxygen atoms in total. The smallest absolute Gasteiger partial charge is 0.229 e. The summed E-state index contributed by atoms with van der Waals surface area (Å²) in [6.45, 7) is 1.43. The summed E-state index contributed by atoms with van der Waals surface area (Å²) in [6, 6.07) is 13.5. The summed E-state index contributed by atoms with van der Waals surface area (Å²) in [6.07, 6.45) is 1.55. The van der Waals surface area contributed by atoms with E-state index in [9.17, 15) is 0 Å².